The molecule has 8 nitrogen and oxygen atoms in total. The van der Waals surface area contributed by atoms with Gasteiger partial charge in [0.25, 0.3) is 11.8 Å². The van der Waals surface area contributed by atoms with E-state index >= 15 is 0 Å². The van der Waals surface area contributed by atoms with Gasteiger partial charge in [0, 0.05) is 29.8 Å². The van der Waals surface area contributed by atoms with Crippen molar-refractivity contribution >= 4 is 35.2 Å². The largest absolute Gasteiger partial charge is 0.497 e. The maximum Gasteiger partial charge on any atom is 0.269 e. The molecule has 0 aromatic heterocycles. The molecule has 0 spiro atoms. The number of hydrogen-bond acceptors (Lipinski definition) is 6. The molecule has 2 aromatic rings. The maximum atomic E-state index is 12.7. The van der Waals surface area contributed by atoms with Crippen molar-refractivity contribution in [3.05, 3.63) is 53.6 Å². The minimum absolute atomic E-state index is 0.196. The molecule has 0 bridgehead atoms. The average Bonchev–Trinajstić information content (AvgIpc) is 3.07. The topological polar surface area (TPSA) is 97.0 Å². The van der Waals surface area contributed by atoms with Crippen LogP contribution in [0.2, 0.25) is 0 Å². The molecule has 152 valence electrons. The summed E-state index contributed by atoms with van der Waals surface area (Å²) >= 11 is 1.39. The molecule has 3 amide bonds. The molecule has 1 aliphatic heterocycles. The van der Waals surface area contributed by atoms with Crippen molar-refractivity contribution in [2.24, 2.45) is 0 Å². The van der Waals surface area contributed by atoms with E-state index in [0.29, 0.717) is 22.7 Å². The Bertz CT molecular complexity index is 932. The first-order valence-electron chi connectivity index (χ1n) is 8.77. The lowest BCUT2D eigenvalue weighted by molar-refractivity contribution is -0.130. The first-order chi connectivity index (χ1) is 13.9. The summed E-state index contributed by atoms with van der Waals surface area (Å²) in [5.74, 6) is 0.610. The van der Waals surface area contributed by atoms with Crippen molar-refractivity contribution in [1.29, 1.82) is 0 Å². The van der Waals surface area contributed by atoms with Crippen LogP contribution in [-0.4, -0.2) is 42.7 Å². The zero-order chi connectivity index (χ0) is 21.0. The third-order valence-electron chi connectivity index (χ3n) is 4.26. The lowest BCUT2D eigenvalue weighted by Gasteiger charge is -2.26. The minimum Gasteiger partial charge on any atom is -0.497 e. The molecule has 0 unspecified atom stereocenters. The van der Waals surface area contributed by atoms with Gasteiger partial charge >= 0.3 is 0 Å². The van der Waals surface area contributed by atoms with Crippen LogP contribution in [0.4, 0.5) is 5.69 Å². The van der Waals surface area contributed by atoms with Gasteiger partial charge in [-0.05, 0) is 36.4 Å². The third kappa shape index (κ3) is 4.62. The second-order valence-corrected chi connectivity index (χ2v) is 7.30. The fraction of sp³-hybridized carbons (Fsp3) is 0.250. The van der Waals surface area contributed by atoms with Crippen molar-refractivity contribution in [3.8, 4) is 11.5 Å². The summed E-state index contributed by atoms with van der Waals surface area (Å²) in [7, 11) is 3.10. The van der Waals surface area contributed by atoms with Crippen molar-refractivity contribution in [3.63, 3.8) is 0 Å². The van der Waals surface area contributed by atoms with Crippen LogP contribution in [-0.2, 0) is 9.59 Å². The maximum absolute atomic E-state index is 12.7. The van der Waals surface area contributed by atoms with Crippen molar-refractivity contribution in [1.82, 2.24) is 10.4 Å². The Hall–Kier alpha value is -3.20. The average molecular weight is 415 g/mol. The number of hydrogen-bond donors (Lipinski definition) is 2. The molecule has 1 aliphatic rings. The van der Waals surface area contributed by atoms with Gasteiger partial charge in [-0.3, -0.25) is 19.8 Å². The van der Waals surface area contributed by atoms with Gasteiger partial charge in [0.1, 0.15) is 16.9 Å². The van der Waals surface area contributed by atoms with E-state index in [1.807, 2.05) is 6.07 Å². The number of anilines is 1. The van der Waals surface area contributed by atoms with Gasteiger partial charge in [-0.2, -0.15) is 0 Å². The molecule has 0 radical (unpaired) electrons. The highest BCUT2D eigenvalue weighted by Gasteiger charge is 2.36. The summed E-state index contributed by atoms with van der Waals surface area (Å²) in [4.78, 5) is 36.2. The van der Waals surface area contributed by atoms with E-state index in [9.17, 15) is 14.4 Å². The summed E-state index contributed by atoms with van der Waals surface area (Å²) in [5, 5.41) is 3.53. The Labute approximate surface area is 172 Å². The fourth-order valence-corrected chi connectivity index (χ4v) is 4.01. The molecule has 9 heteroatoms. The van der Waals surface area contributed by atoms with Crippen LogP contribution in [0, 0.1) is 0 Å². The highest BCUT2D eigenvalue weighted by Crippen LogP contribution is 2.42. The van der Waals surface area contributed by atoms with Gasteiger partial charge in [-0.25, -0.2) is 5.01 Å². The third-order valence-corrected chi connectivity index (χ3v) is 5.46. The molecule has 1 atom stereocenters. The summed E-state index contributed by atoms with van der Waals surface area (Å²) in [5.41, 5.74) is 4.39. The zero-order valence-corrected chi connectivity index (χ0v) is 17.0. The second-order valence-electron chi connectivity index (χ2n) is 6.23. The van der Waals surface area contributed by atoms with E-state index in [4.69, 9.17) is 9.47 Å². The van der Waals surface area contributed by atoms with Gasteiger partial charge in [-0.15, -0.1) is 11.8 Å². The van der Waals surface area contributed by atoms with E-state index in [1.165, 1.54) is 23.7 Å². The standard InChI is InChI=1S/C20H21N3O5S/c1-12(24)21-14-6-4-13(5-7-14)19(26)22-23-18(25)11-29-20(23)16-9-8-15(27-2)10-17(16)28-3/h4-10,20H,11H2,1-3H3,(H,21,24)(H,22,26)/t20-/m1/s1. The van der Waals surface area contributed by atoms with Gasteiger partial charge in [0.15, 0.2) is 0 Å². The number of hydrazine groups is 1. The van der Waals surface area contributed by atoms with E-state index in [-0.39, 0.29) is 17.6 Å². The Balaban J connectivity index is 1.79. The van der Waals surface area contributed by atoms with Crippen LogP contribution in [0.1, 0.15) is 28.2 Å². The molecule has 2 N–H and O–H groups in total. The molecule has 1 heterocycles. The molecule has 3 rings (SSSR count). The van der Waals surface area contributed by atoms with Crippen LogP contribution in [0.25, 0.3) is 0 Å². The predicted octanol–water partition coefficient (Wildman–Crippen LogP) is 2.58. The number of methoxy groups -OCH3 is 2. The molecule has 29 heavy (non-hydrogen) atoms. The van der Waals surface area contributed by atoms with E-state index < -0.39 is 11.3 Å². The highest BCUT2D eigenvalue weighted by atomic mass is 32.2. The number of nitrogens with one attached hydrogen (secondary N) is 2. The summed E-state index contributed by atoms with van der Waals surface area (Å²) in [6.45, 7) is 1.41. The fourth-order valence-electron chi connectivity index (χ4n) is 2.88. The van der Waals surface area contributed by atoms with Crippen LogP contribution in [0.15, 0.2) is 42.5 Å². The normalized spacial score (nSPS) is 15.8. The van der Waals surface area contributed by atoms with Crippen LogP contribution in [0.5, 0.6) is 11.5 Å². The van der Waals surface area contributed by atoms with E-state index in [2.05, 4.69) is 10.7 Å². The van der Waals surface area contributed by atoms with Crippen molar-refractivity contribution in [2.45, 2.75) is 12.3 Å². The van der Waals surface area contributed by atoms with Gasteiger partial charge in [-0.1, -0.05) is 0 Å². The first kappa shape index (κ1) is 20.5. The summed E-state index contributed by atoms with van der Waals surface area (Å²) < 4.78 is 10.7. The highest BCUT2D eigenvalue weighted by molar-refractivity contribution is 8.00. The van der Waals surface area contributed by atoms with Crippen molar-refractivity contribution in [2.75, 3.05) is 25.3 Å². The predicted molar refractivity (Wildman–Crippen MR) is 110 cm³/mol. The van der Waals surface area contributed by atoms with Gasteiger partial charge < -0.3 is 14.8 Å². The van der Waals surface area contributed by atoms with Crippen LogP contribution in [0.3, 0.4) is 0 Å². The molecule has 2 aromatic carbocycles. The molecule has 0 saturated carbocycles. The van der Waals surface area contributed by atoms with Crippen LogP contribution >= 0.6 is 11.8 Å². The SMILES string of the molecule is COc1ccc([C@H]2SCC(=O)N2NC(=O)c2ccc(NC(C)=O)cc2)c(OC)c1. The van der Waals surface area contributed by atoms with Crippen molar-refractivity contribution < 1.29 is 23.9 Å². The second kappa shape index (κ2) is 8.87. The Morgan fingerprint density at radius 2 is 1.83 bits per heavy atom. The molecule has 1 fully saturated rings. The number of thioether (sulfide) groups is 1. The minimum atomic E-state index is -0.425. The molecular weight excluding hydrogens is 394 g/mol. The summed E-state index contributed by atoms with van der Waals surface area (Å²) in [6, 6.07) is 11.7. The number of ether oxygens (including phenoxy) is 2. The lowest BCUT2D eigenvalue weighted by Crippen LogP contribution is -2.44. The summed E-state index contributed by atoms with van der Waals surface area (Å²) in [6.07, 6.45) is 0. The first-order valence-corrected chi connectivity index (χ1v) is 9.82. The van der Waals surface area contributed by atoms with Gasteiger partial charge in [0.05, 0.1) is 20.0 Å². The van der Waals surface area contributed by atoms with Gasteiger partial charge in [0.2, 0.25) is 5.91 Å². The number of rotatable bonds is 6. The quantitative estimate of drug-likeness (QED) is 0.753. The Morgan fingerprint density at radius 3 is 2.45 bits per heavy atom. The smallest absolute Gasteiger partial charge is 0.269 e. The van der Waals surface area contributed by atoms with Crippen LogP contribution < -0.4 is 20.2 Å². The number of carbonyl (C=O) groups excluding carboxylic acids is 3. The molecule has 0 aliphatic carbocycles. The molecular formula is C20H21N3O5S. The number of nitrogens with zero attached hydrogens (tertiary/aromatic N) is 1. The molecule has 1 saturated heterocycles. The van der Waals surface area contributed by atoms with E-state index in [0.717, 1.165) is 5.56 Å². The Kier molecular flexibility index (Phi) is 6.28. The number of carbonyl (C=O) groups is 3. The zero-order valence-electron chi connectivity index (χ0n) is 16.2. The number of benzene rings is 2. The van der Waals surface area contributed by atoms with E-state index in [1.54, 1.807) is 50.6 Å². The number of amides is 3. The Morgan fingerprint density at radius 1 is 1.10 bits per heavy atom. The lowest BCUT2D eigenvalue weighted by atomic mass is 10.1. The monoisotopic (exact) mass is 415 g/mol.